The molecule has 1 aliphatic heterocycles. The average molecular weight is 341 g/mol. The third-order valence-electron chi connectivity index (χ3n) is 3.93. The number of carboxylic acid groups (broad SMARTS) is 1. The van der Waals surface area contributed by atoms with Crippen LogP contribution in [0.15, 0.2) is 12.1 Å². The molecule has 1 atom stereocenters. The number of alkyl carbamates (subject to hydrolysis) is 1. The molecular weight excluding hydrogens is 313 g/mol. The maximum Gasteiger partial charge on any atom is 0.486 e. The van der Waals surface area contributed by atoms with E-state index in [0.29, 0.717) is 0 Å². The number of hydrogen-bond acceptors (Lipinski definition) is 5. The Morgan fingerprint density at radius 3 is 2.12 bits per heavy atom. The van der Waals surface area contributed by atoms with E-state index in [4.69, 9.17) is 14.0 Å². The Bertz CT molecular complexity index is 493. The lowest BCUT2D eigenvalue weighted by molar-refractivity contribution is -0.139. The zero-order valence-electron chi connectivity index (χ0n) is 15.5. The van der Waals surface area contributed by atoms with Gasteiger partial charge in [0.1, 0.15) is 11.6 Å². The lowest BCUT2D eigenvalue weighted by Gasteiger charge is -2.32. The van der Waals surface area contributed by atoms with Gasteiger partial charge >= 0.3 is 19.2 Å². The van der Waals surface area contributed by atoms with Crippen LogP contribution in [-0.4, -0.2) is 47.1 Å². The Labute approximate surface area is 143 Å². The fraction of sp³-hybridized carbons (Fsp3) is 0.750. The summed E-state index contributed by atoms with van der Waals surface area (Å²) in [6.45, 7) is 12.9. The minimum atomic E-state index is -1.14. The summed E-state index contributed by atoms with van der Waals surface area (Å²) in [4.78, 5) is 23.0. The molecule has 1 saturated heterocycles. The zero-order valence-corrected chi connectivity index (χ0v) is 15.5. The molecule has 1 aliphatic rings. The highest BCUT2D eigenvalue weighted by molar-refractivity contribution is 6.51. The number of ether oxygens (including phenoxy) is 1. The second-order valence-electron chi connectivity index (χ2n) is 7.83. The van der Waals surface area contributed by atoms with Gasteiger partial charge in [0.15, 0.2) is 0 Å². The van der Waals surface area contributed by atoms with Crippen LogP contribution >= 0.6 is 0 Å². The predicted octanol–water partition coefficient (Wildman–Crippen LogP) is 2.54. The minimum Gasteiger partial charge on any atom is -0.480 e. The summed E-state index contributed by atoms with van der Waals surface area (Å²) in [5, 5.41) is 11.5. The number of carboxylic acids is 1. The van der Waals surface area contributed by atoms with E-state index in [1.807, 2.05) is 27.7 Å². The number of amides is 1. The first kappa shape index (κ1) is 20.5. The first-order valence-electron chi connectivity index (χ1n) is 7.98. The van der Waals surface area contributed by atoms with E-state index < -0.39 is 42.0 Å². The monoisotopic (exact) mass is 341 g/mol. The van der Waals surface area contributed by atoms with Crippen molar-refractivity contribution < 1.29 is 28.7 Å². The smallest absolute Gasteiger partial charge is 0.480 e. The van der Waals surface area contributed by atoms with Crippen LogP contribution in [0, 0.1) is 0 Å². The zero-order chi connectivity index (χ0) is 18.8. The van der Waals surface area contributed by atoms with Crippen molar-refractivity contribution in [2.24, 2.45) is 0 Å². The van der Waals surface area contributed by atoms with Crippen LogP contribution in [0.1, 0.15) is 54.9 Å². The van der Waals surface area contributed by atoms with Crippen LogP contribution in [0.25, 0.3) is 0 Å². The Hall–Kier alpha value is -1.54. The summed E-state index contributed by atoms with van der Waals surface area (Å²) in [5.41, 5.74) is -1.60. The summed E-state index contributed by atoms with van der Waals surface area (Å²) in [7, 11) is -0.550. The standard InChI is InChI=1S/C16H28BNO6/c1-14(2,3)22-13(21)18-11(12(19)20)9-8-10-17-23-15(4,5)16(6,7)24-17/h8,10-11H,9H2,1-7H3,(H,18,21)(H,19,20)/t11-/m0/s1. The summed E-state index contributed by atoms with van der Waals surface area (Å²) in [5.74, 6) is 0.517. The first-order valence-corrected chi connectivity index (χ1v) is 7.98. The van der Waals surface area contributed by atoms with E-state index in [1.165, 1.54) is 0 Å². The third kappa shape index (κ3) is 5.83. The van der Waals surface area contributed by atoms with Crippen molar-refractivity contribution in [1.82, 2.24) is 5.32 Å². The molecule has 0 unspecified atom stereocenters. The Balaban J connectivity index is 2.59. The Kier molecular flexibility index (Phi) is 6.11. The molecule has 0 aromatic rings. The number of rotatable bonds is 5. The maximum atomic E-state index is 11.7. The average Bonchev–Trinajstić information content (AvgIpc) is 2.53. The molecular formula is C16H28BNO6. The van der Waals surface area contributed by atoms with E-state index in [1.54, 1.807) is 32.8 Å². The molecule has 1 amide bonds. The number of carbonyl (C=O) groups excluding carboxylic acids is 1. The molecule has 8 heteroatoms. The predicted molar refractivity (Wildman–Crippen MR) is 90.6 cm³/mol. The lowest BCUT2D eigenvalue weighted by atomic mass is 9.89. The molecule has 1 fully saturated rings. The topological polar surface area (TPSA) is 94.1 Å². The number of aliphatic carboxylic acids is 1. The van der Waals surface area contributed by atoms with Gasteiger partial charge in [-0.3, -0.25) is 0 Å². The van der Waals surface area contributed by atoms with Gasteiger partial charge < -0.3 is 24.5 Å². The largest absolute Gasteiger partial charge is 0.486 e. The first-order chi connectivity index (χ1) is 10.7. The summed E-state index contributed by atoms with van der Waals surface area (Å²) in [6, 6.07) is -1.08. The molecule has 2 N–H and O–H groups in total. The van der Waals surface area contributed by atoms with Crippen molar-refractivity contribution in [3.8, 4) is 0 Å². The highest BCUT2D eigenvalue weighted by Gasteiger charge is 2.50. The van der Waals surface area contributed by atoms with Gasteiger partial charge in [-0.25, -0.2) is 9.59 Å². The highest BCUT2D eigenvalue weighted by atomic mass is 16.7. The lowest BCUT2D eigenvalue weighted by Crippen LogP contribution is -2.43. The van der Waals surface area contributed by atoms with Crippen molar-refractivity contribution >= 4 is 19.2 Å². The molecule has 0 spiro atoms. The van der Waals surface area contributed by atoms with Gasteiger partial charge in [0.05, 0.1) is 11.2 Å². The van der Waals surface area contributed by atoms with Crippen LogP contribution in [0.4, 0.5) is 4.79 Å². The summed E-state index contributed by atoms with van der Waals surface area (Å²) >= 11 is 0. The van der Waals surface area contributed by atoms with Crippen LogP contribution < -0.4 is 5.32 Å². The van der Waals surface area contributed by atoms with Gasteiger partial charge in [-0.05, 0) is 54.9 Å². The molecule has 0 saturated carbocycles. The van der Waals surface area contributed by atoms with Crippen molar-refractivity contribution in [2.45, 2.75) is 77.7 Å². The van der Waals surface area contributed by atoms with Gasteiger partial charge in [-0.1, -0.05) is 12.1 Å². The number of carbonyl (C=O) groups is 2. The van der Waals surface area contributed by atoms with Crippen LogP contribution in [0.2, 0.25) is 0 Å². The molecule has 1 rings (SSSR count). The van der Waals surface area contributed by atoms with Gasteiger partial charge in [0.2, 0.25) is 0 Å². The Morgan fingerprint density at radius 1 is 1.21 bits per heavy atom. The molecule has 0 radical (unpaired) electrons. The van der Waals surface area contributed by atoms with E-state index >= 15 is 0 Å². The van der Waals surface area contributed by atoms with Crippen molar-refractivity contribution in [3.63, 3.8) is 0 Å². The van der Waals surface area contributed by atoms with Crippen LogP contribution in [0.3, 0.4) is 0 Å². The van der Waals surface area contributed by atoms with Gasteiger partial charge in [-0.2, -0.15) is 0 Å². The molecule has 0 aromatic heterocycles. The second kappa shape index (κ2) is 7.15. The number of hydrogen-bond donors (Lipinski definition) is 2. The Morgan fingerprint density at radius 2 is 1.71 bits per heavy atom. The molecule has 136 valence electrons. The van der Waals surface area contributed by atoms with Gasteiger partial charge in [0.25, 0.3) is 0 Å². The normalized spacial score (nSPS) is 20.9. The van der Waals surface area contributed by atoms with E-state index in [-0.39, 0.29) is 6.42 Å². The molecule has 24 heavy (non-hydrogen) atoms. The maximum absolute atomic E-state index is 11.7. The SMILES string of the molecule is CC(C)(C)OC(=O)N[C@@H](CC=CB1OC(C)(C)C(C)(C)O1)C(=O)O. The molecule has 1 heterocycles. The highest BCUT2D eigenvalue weighted by Crippen LogP contribution is 2.36. The fourth-order valence-corrected chi connectivity index (χ4v) is 1.96. The second-order valence-corrected chi connectivity index (χ2v) is 7.83. The molecule has 0 aromatic carbocycles. The molecule has 0 aliphatic carbocycles. The van der Waals surface area contributed by atoms with Crippen molar-refractivity contribution in [2.75, 3.05) is 0 Å². The van der Waals surface area contributed by atoms with Crippen LogP contribution in [0.5, 0.6) is 0 Å². The van der Waals surface area contributed by atoms with Crippen LogP contribution in [-0.2, 0) is 18.8 Å². The van der Waals surface area contributed by atoms with Crippen molar-refractivity contribution in [1.29, 1.82) is 0 Å². The molecule has 0 bridgehead atoms. The number of nitrogens with one attached hydrogen (secondary N) is 1. The van der Waals surface area contributed by atoms with Crippen molar-refractivity contribution in [3.05, 3.63) is 12.1 Å². The minimum absolute atomic E-state index is 0.0959. The fourth-order valence-electron chi connectivity index (χ4n) is 1.96. The van der Waals surface area contributed by atoms with E-state index in [2.05, 4.69) is 5.32 Å². The van der Waals surface area contributed by atoms with Gasteiger partial charge in [0, 0.05) is 0 Å². The molecule has 7 nitrogen and oxygen atoms in total. The summed E-state index contributed by atoms with van der Waals surface area (Å²) < 4.78 is 16.6. The van der Waals surface area contributed by atoms with Gasteiger partial charge in [-0.15, -0.1) is 0 Å². The van der Waals surface area contributed by atoms with E-state index in [9.17, 15) is 14.7 Å². The summed E-state index contributed by atoms with van der Waals surface area (Å²) in [6.07, 6.45) is 0.954. The quantitative estimate of drug-likeness (QED) is 0.747. The van der Waals surface area contributed by atoms with E-state index in [0.717, 1.165) is 0 Å². The third-order valence-corrected chi connectivity index (χ3v) is 3.93.